The normalized spacial score (nSPS) is 31.5. The molecule has 64 valence electrons. The number of carbonyl (C=O) groups excluding carboxylic acids is 1. The Labute approximate surface area is 65.7 Å². The number of esters is 1. The van der Waals surface area contributed by atoms with Crippen molar-refractivity contribution in [2.45, 2.75) is 25.0 Å². The number of carbonyl (C=O) groups is 1. The van der Waals surface area contributed by atoms with Gasteiger partial charge in [0, 0.05) is 12.6 Å². The van der Waals surface area contributed by atoms with Crippen LogP contribution in [0.4, 0.5) is 0 Å². The fourth-order valence-corrected chi connectivity index (χ4v) is 1.16. The lowest BCUT2D eigenvalue weighted by molar-refractivity contribution is -0.158. The lowest BCUT2D eigenvalue weighted by Gasteiger charge is -2.26. The third-order valence-electron chi connectivity index (χ3n) is 1.80. The first kappa shape index (κ1) is 8.49. The lowest BCUT2D eigenvalue weighted by Crippen LogP contribution is -2.46. The number of rotatable bonds is 1. The fraction of sp³-hybridized carbons (Fsp3) is 0.857. The van der Waals surface area contributed by atoms with Crippen molar-refractivity contribution >= 4 is 5.97 Å². The molecule has 0 radical (unpaired) electrons. The van der Waals surface area contributed by atoms with E-state index in [1.807, 2.05) is 0 Å². The highest BCUT2D eigenvalue weighted by molar-refractivity contribution is 5.75. The van der Waals surface area contributed by atoms with Gasteiger partial charge >= 0.3 is 5.97 Å². The first-order chi connectivity index (χ1) is 5.25. The highest BCUT2D eigenvalue weighted by Gasteiger charge is 2.29. The summed E-state index contributed by atoms with van der Waals surface area (Å²) >= 11 is 0. The van der Waals surface area contributed by atoms with Crippen LogP contribution in [0.15, 0.2) is 0 Å². The Morgan fingerprint density at radius 3 is 3.00 bits per heavy atom. The monoisotopic (exact) mass is 159 g/mol. The smallest absolute Gasteiger partial charge is 0.336 e. The predicted octanol–water partition coefficient (Wildman–Crippen LogP) is -0.334. The molecule has 1 aliphatic rings. The van der Waals surface area contributed by atoms with Crippen LogP contribution in [0.2, 0.25) is 0 Å². The van der Waals surface area contributed by atoms with Crippen LogP contribution in [-0.4, -0.2) is 31.8 Å². The molecule has 2 atom stereocenters. The third-order valence-corrected chi connectivity index (χ3v) is 1.80. The quantitative estimate of drug-likeness (QED) is 0.532. The molecule has 0 aromatic carbocycles. The van der Waals surface area contributed by atoms with E-state index in [9.17, 15) is 4.79 Å². The summed E-state index contributed by atoms with van der Waals surface area (Å²) < 4.78 is 9.66. The molecular weight excluding hydrogens is 146 g/mol. The van der Waals surface area contributed by atoms with E-state index >= 15 is 0 Å². The molecular formula is C7H13NO3. The van der Waals surface area contributed by atoms with Gasteiger partial charge in [0.1, 0.15) is 0 Å². The van der Waals surface area contributed by atoms with Gasteiger partial charge in [-0.05, 0) is 12.8 Å². The zero-order valence-electron chi connectivity index (χ0n) is 6.58. The summed E-state index contributed by atoms with van der Waals surface area (Å²) in [5, 5.41) is 0. The molecule has 1 fully saturated rings. The number of hydrogen-bond donors (Lipinski definition) is 1. The van der Waals surface area contributed by atoms with E-state index in [0.717, 1.165) is 12.8 Å². The van der Waals surface area contributed by atoms with Crippen molar-refractivity contribution in [2.75, 3.05) is 13.7 Å². The summed E-state index contributed by atoms with van der Waals surface area (Å²) in [4.78, 5) is 11.0. The summed E-state index contributed by atoms with van der Waals surface area (Å²) in [5.74, 6) is -0.364. The van der Waals surface area contributed by atoms with E-state index < -0.39 is 6.10 Å². The van der Waals surface area contributed by atoms with Gasteiger partial charge in [-0.15, -0.1) is 0 Å². The Morgan fingerprint density at radius 1 is 1.73 bits per heavy atom. The second-order valence-electron chi connectivity index (χ2n) is 2.62. The van der Waals surface area contributed by atoms with Gasteiger partial charge in [0.25, 0.3) is 0 Å². The molecule has 0 bridgehead atoms. The Kier molecular flexibility index (Phi) is 2.84. The van der Waals surface area contributed by atoms with E-state index in [1.54, 1.807) is 0 Å². The van der Waals surface area contributed by atoms with Crippen LogP contribution >= 0.6 is 0 Å². The Balaban J connectivity index is 2.47. The Hall–Kier alpha value is -0.610. The summed E-state index contributed by atoms with van der Waals surface area (Å²) in [6.07, 6.45) is 1.21. The maximum absolute atomic E-state index is 11.0. The highest BCUT2D eigenvalue weighted by Crippen LogP contribution is 2.12. The summed E-state index contributed by atoms with van der Waals surface area (Å²) in [5.41, 5.74) is 5.63. The topological polar surface area (TPSA) is 61.5 Å². The Morgan fingerprint density at radius 2 is 2.45 bits per heavy atom. The van der Waals surface area contributed by atoms with Crippen molar-refractivity contribution in [3.8, 4) is 0 Å². The molecule has 0 spiro atoms. The molecule has 1 heterocycles. The van der Waals surface area contributed by atoms with Crippen LogP contribution in [0.25, 0.3) is 0 Å². The van der Waals surface area contributed by atoms with Crippen LogP contribution in [0, 0.1) is 0 Å². The molecule has 0 aromatic heterocycles. The average molecular weight is 159 g/mol. The van der Waals surface area contributed by atoms with E-state index in [4.69, 9.17) is 10.5 Å². The second kappa shape index (κ2) is 3.69. The van der Waals surface area contributed by atoms with Crippen LogP contribution in [-0.2, 0) is 14.3 Å². The molecule has 1 saturated heterocycles. The van der Waals surface area contributed by atoms with Gasteiger partial charge in [0.15, 0.2) is 6.10 Å². The molecule has 4 heteroatoms. The molecule has 11 heavy (non-hydrogen) atoms. The molecule has 0 aliphatic carbocycles. The van der Waals surface area contributed by atoms with Crippen molar-refractivity contribution in [3.05, 3.63) is 0 Å². The zero-order valence-corrected chi connectivity index (χ0v) is 6.58. The SMILES string of the molecule is COC(=O)[C@H]1OCCC[C@@H]1N. The first-order valence-electron chi connectivity index (χ1n) is 3.70. The van der Waals surface area contributed by atoms with Crippen LogP contribution in [0.3, 0.4) is 0 Å². The zero-order chi connectivity index (χ0) is 8.27. The fourth-order valence-electron chi connectivity index (χ4n) is 1.16. The number of nitrogens with two attached hydrogens (primary N) is 1. The van der Waals surface area contributed by atoms with Gasteiger partial charge in [-0.1, -0.05) is 0 Å². The molecule has 0 saturated carbocycles. The molecule has 0 amide bonds. The lowest BCUT2D eigenvalue weighted by atomic mass is 10.0. The minimum absolute atomic E-state index is 0.198. The van der Waals surface area contributed by atoms with Crippen molar-refractivity contribution in [2.24, 2.45) is 5.73 Å². The van der Waals surface area contributed by atoms with Crippen LogP contribution in [0.1, 0.15) is 12.8 Å². The number of methoxy groups -OCH3 is 1. The molecule has 4 nitrogen and oxygen atoms in total. The molecule has 1 rings (SSSR count). The summed E-state index contributed by atoms with van der Waals surface area (Å²) in [7, 11) is 1.34. The van der Waals surface area contributed by atoms with E-state index in [2.05, 4.69) is 4.74 Å². The van der Waals surface area contributed by atoms with Gasteiger partial charge in [0.05, 0.1) is 7.11 Å². The van der Waals surface area contributed by atoms with Gasteiger partial charge in [-0.25, -0.2) is 4.79 Å². The first-order valence-corrected chi connectivity index (χ1v) is 3.70. The third kappa shape index (κ3) is 1.91. The molecule has 1 aliphatic heterocycles. The number of ether oxygens (including phenoxy) is 2. The summed E-state index contributed by atoms with van der Waals surface area (Å²) in [6.45, 7) is 0.605. The van der Waals surface area contributed by atoms with E-state index in [-0.39, 0.29) is 12.0 Å². The minimum atomic E-state index is -0.547. The van der Waals surface area contributed by atoms with E-state index in [1.165, 1.54) is 7.11 Å². The maximum atomic E-state index is 11.0. The Bertz CT molecular complexity index is 149. The summed E-state index contributed by atoms with van der Waals surface area (Å²) in [6, 6.07) is -0.198. The van der Waals surface area contributed by atoms with Crippen LogP contribution < -0.4 is 5.73 Å². The van der Waals surface area contributed by atoms with E-state index in [0.29, 0.717) is 6.61 Å². The van der Waals surface area contributed by atoms with Gasteiger partial charge in [-0.3, -0.25) is 0 Å². The van der Waals surface area contributed by atoms with Gasteiger partial charge < -0.3 is 15.2 Å². The average Bonchev–Trinajstić information content (AvgIpc) is 2.04. The van der Waals surface area contributed by atoms with Crippen molar-refractivity contribution in [3.63, 3.8) is 0 Å². The maximum Gasteiger partial charge on any atom is 0.336 e. The van der Waals surface area contributed by atoms with Crippen molar-refractivity contribution in [1.82, 2.24) is 0 Å². The van der Waals surface area contributed by atoms with Crippen molar-refractivity contribution in [1.29, 1.82) is 0 Å². The predicted molar refractivity (Wildman–Crippen MR) is 39.0 cm³/mol. The number of hydrogen-bond acceptors (Lipinski definition) is 4. The van der Waals surface area contributed by atoms with Crippen molar-refractivity contribution < 1.29 is 14.3 Å². The molecule has 2 N–H and O–H groups in total. The standard InChI is InChI=1S/C7H13NO3/c1-10-7(9)6-5(8)3-2-4-11-6/h5-6H,2-4,8H2,1H3/t5-,6-/m0/s1. The van der Waals surface area contributed by atoms with Crippen LogP contribution in [0.5, 0.6) is 0 Å². The molecule has 0 unspecified atom stereocenters. The van der Waals surface area contributed by atoms with Gasteiger partial charge in [-0.2, -0.15) is 0 Å². The largest absolute Gasteiger partial charge is 0.467 e. The van der Waals surface area contributed by atoms with Gasteiger partial charge in [0.2, 0.25) is 0 Å². The highest BCUT2D eigenvalue weighted by atomic mass is 16.6. The molecule has 0 aromatic rings. The minimum Gasteiger partial charge on any atom is -0.467 e. The second-order valence-corrected chi connectivity index (χ2v) is 2.62.